The van der Waals surface area contributed by atoms with E-state index in [9.17, 15) is 5.26 Å². The molecule has 0 aliphatic rings. The smallest absolute Gasteiger partial charge is 0.103 e. The first-order valence-electron chi connectivity index (χ1n) is 6.68. The summed E-state index contributed by atoms with van der Waals surface area (Å²) in [6.45, 7) is 2.20. The number of nitrogens with zero attached hydrogens (tertiary/aromatic N) is 3. The van der Waals surface area contributed by atoms with E-state index < -0.39 is 0 Å². The molecule has 2 rings (SSSR count). The van der Waals surface area contributed by atoms with Crippen LogP contribution in [0.15, 0.2) is 30.5 Å². The van der Waals surface area contributed by atoms with Gasteiger partial charge in [0.25, 0.3) is 0 Å². The van der Waals surface area contributed by atoms with E-state index in [1.54, 1.807) is 6.20 Å². The lowest BCUT2D eigenvalue weighted by molar-refractivity contribution is 0.670. The van der Waals surface area contributed by atoms with Gasteiger partial charge < -0.3 is 4.90 Å². The van der Waals surface area contributed by atoms with Crippen LogP contribution >= 0.6 is 11.8 Å². The van der Waals surface area contributed by atoms with Crippen molar-refractivity contribution in [2.24, 2.45) is 0 Å². The number of hydrogen-bond donors (Lipinski definition) is 0. The summed E-state index contributed by atoms with van der Waals surface area (Å²) < 4.78 is 0. The van der Waals surface area contributed by atoms with E-state index in [1.807, 2.05) is 36.0 Å². The summed E-state index contributed by atoms with van der Waals surface area (Å²) >= 11 is 1.85. The van der Waals surface area contributed by atoms with Gasteiger partial charge in [-0.1, -0.05) is 18.2 Å². The molecule has 0 fully saturated rings. The highest BCUT2D eigenvalue weighted by atomic mass is 32.2. The van der Waals surface area contributed by atoms with Crippen molar-refractivity contribution in [3.05, 3.63) is 36.0 Å². The normalized spacial score (nSPS) is 12.1. The molecular formula is C16H19N3S. The number of thioether (sulfide) groups is 1. The molecule has 0 saturated heterocycles. The summed E-state index contributed by atoms with van der Waals surface area (Å²) in [5, 5.41) is 10.4. The zero-order chi connectivity index (χ0) is 14.5. The predicted octanol–water partition coefficient (Wildman–Crippen LogP) is 3.68. The lowest BCUT2D eigenvalue weighted by Gasteiger charge is -2.28. The average Bonchev–Trinajstić information content (AvgIpc) is 2.50. The fourth-order valence-corrected chi connectivity index (χ4v) is 2.87. The summed E-state index contributed by atoms with van der Waals surface area (Å²) in [4.78, 5) is 6.57. The van der Waals surface area contributed by atoms with Crippen LogP contribution in [0.3, 0.4) is 0 Å². The highest BCUT2D eigenvalue weighted by Crippen LogP contribution is 2.30. The first-order chi connectivity index (χ1) is 9.69. The zero-order valence-corrected chi connectivity index (χ0v) is 12.9. The summed E-state index contributed by atoms with van der Waals surface area (Å²) in [6, 6.07) is 10.7. The number of hydrogen-bond acceptors (Lipinski definition) is 4. The van der Waals surface area contributed by atoms with Crippen LogP contribution in [-0.2, 0) is 0 Å². The molecule has 20 heavy (non-hydrogen) atoms. The van der Waals surface area contributed by atoms with Crippen molar-refractivity contribution in [3.8, 4) is 6.07 Å². The molecular weight excluding hydrogens is 266 g/mol. The van der Waals surface area contributed by atoms with E-state index in [0.29, 0.717) is 11.6 Å². The second kappa shape index (κ2) is 6.62. The van der Waals surface area contributed by atoms with Gasteiger partial charge in [0.05, 0.1) is 16.8 Å². The number of rotatable bonds is 5. The van der Waals surface area contributed by atoms with Crippen molar-refractivity contribution in [3.63, 3.8) is 0 Å². The van der Waals surface area contributed by atoms with Crippen LogP contribution in [0.2, 0.25) is 0 Å². The lowest BCUT2D eigenvalue weighted by Crippen LogP contribution is -2.30. The van der Waals surface area contributed by atoms with Crippen LogP contribution in [0.5, 0.6) is 0 Å². The molecule has 0 amide bonds. The van der Waals surface area contributed by atoms with Gasteiger partial charge >= 0.3 is 0 Å². The number of pyridine rings is 1. The molecule has 0 radical (unpaired) electrons. The molecule has 0 aliphatic heterocycles. The maximum Gasteiger partial charge on any atom is 0.103 e. The van der Waals surface area contributed by atoms with Gasteiger partial charge in [-0.2, -0.15) is 17.0 Å². The zero-order valence-electron chi connectivity index (χ0n) is 12.1. The van der Waals surface area contributed by atoms with Gasteiger partial charge in [-0.25, -0.2) is 0 Å². The van der Waals surface area contributed by atoms with Crippen molar-refractivity contribution in [2.45, 2.75) is 19.4 Å². The van der Waals surface area contributed by atoms with Crippen LogP contribution in [0.4, 0.5) is 5.69 Å². The molecule has 1 aromatic heterocycles. The van der Waals surface area contributed by atoms with Gasteiger partial charge in [0.15, 0.2) is 0 Å². The Kier molecular flexibility index (Phi) is 4.86. The largest absolute Gasteiger partial charge is 0.370 e. The highest BCUT2D eigenvalue weighted by molar-refractivity contribution is 7.98. The number of aromatic nitrogens is 1. The molecule has 4 heteroatoms. The molecule has 0 bridgehead atoms. The Morgan fingerprint density at radius 1 is 1.40 bits per heavy atom. The molecule has 0 aliphatic carbocycles. The Morgan fingerprint density at radius 3 is 2.85 bits per heavy atom. The molecule has 0 spiro atoms. The van der Waals surface area contributed by atoms with E-state index in [1.165, 1.54) is 0 Å². The molecule has 104 valence electrons. The van der Waals surface area contributed by atoms with Gasteiger partial charge in [-0.15, -0.1) is 0 Å². The first kappa shape index (κ1) is 14.7. The van der Waals surface area contributed by atoms with Crippen molar-refractivity contribution >= 4 is 28.4 Å². The molecule has 1 atom stereocenters. The second-order valence-corrected chi connectivity index (χ2v) is 5.88. The van der Waals surface area contributed by atoms with Crippen molar-refractivity contribution in [1.82, 2.24) is 4.98 Å². The van der Waals surface area contributed by atoms with Crippen LogP contribution < -0.4 is 4.90 Å². The Balaban J connectivity index is 2.48. The van der Waals surface area contributed by atoms with Crippen LogP contribution in [0.25, 0.3) is 10.9 Å². The topological polar surface area (TPSA) is 39.9 Å². The Bertz CT molecular complexity index is 633. The average molecular weight is 285 g/mol. The summed E-state index contributed by atoms with van der Waals surface area (Å²) in [5.74, 6) is 1.12. The molecule has 2 aromatic rings. The quantitative estimate of drug-likeness (QED) is 0.840. The minimum atomic E-state index is 0.389. The minimum absolute atomic E-state index is 0.389. The van der Waals surface area contributed by atoms with Crippen LogP contribution in [0.1, 0.15) is 18.9 Å². The van der Waals surface area contributed by atoms with E-state index in [-0.39, 0.29) is 0 Å². The Morgan fingerprint density at radius 2 is 2.15 bits per heavy atom. The van der Waals surface area contributed by atoms with Gasteiger partial charge in [0, 0.05) is 24.7 Å². The SMILES string of the molecule is CSCCC(C)N(C)c1c(C#N)cnc2ccccc12. The van der Waals surface area contributed by atoms with E-state index >= 15 is 0 Å². The second-order valence-electron chi connectivity index (χ2n) is 4.89. The Hall–Kier alpha value is -1.73. The molecule has 0 N–H and O–H groups in total. The summed E-state index contributed by atoms with van der Waals surface area (Å²) in [7, 11) is 2.06. The summed E-state index contributed by atoms with van der Waals surface area (Å²) in [6.07, 6.45) is 4.89. The third-order valence-electron chi connectivity index (χ3n) is 3.62. The monoisotopic (exact) mass is 285 g/mol. The molecule has 3 nitrogen and oxygen atoms in total. The number of fused-ring (bicyclic) bond motifs is 1. The van der Waals surface area contributed by atoms with Gasteiger partial charge in [-0.3, -0.25) is 4.98 Å². The van der Waals surface area contributed by atoms with Gasteiger partial charge in [0.1, 0.15) is 6.07 Å². The van der Waals surface area contributed by atoms with Crippen LogP contribution in [0, 0.1) is 11.3 Å². The molecule has 0 saturated carbocycles. The third-order valence-corrected chi connectivity index (χ3v) is 4.27. The number of anilines is 1. The number of nitriles is 1. The molecule has 1 heterocycles. The van der Waals surface area contributed by atoms with Gasteiger partial charge in [0.2, 0.25) is 0 Å². The van der Waals surface area contributed by atoms with E-state index in [4.69, 9.17) is 0 Å². The van der Waals surface area contributed by atoms with Crippen molar-refractivity contribution < 1.29 is 0 Å². The molecule has 1 aromatic carbocycles. The minimum Gasteiger partial charge on any atom is -0.370 e. The Labute approximate surface area is 124 Å². The van der Waals surface area contributed by atoms with Crippen molar-refractivity contribution in [1.29, 1.82) is 5.26 Å². The lowest BCUT2D eigenvalue weighted by atomic mass is 10.1. The van der Waals surface area contributed by atoms with E-state index in [2.05, 4.69) is 36.2 Å². The highest BCUT2D eigenvalue weighted by Gasteiger charge is 2.17. The first-order valence-corrected chi connectivity index (χ1v) is 8.08. The van der Waals surface area contributed by atoms with E-state index in [0.717, 1.165) is 28.8 Å². The summed E-state index contributed by atoms with van der Waals surface area (Å²) in [5.41, 5.74) is 2.57. The van der Waals surface area contributed by atoms with Crippen LogP contribution in [-0.4, -0.2) is 30.1 Å². The number of benzene rings is 1. The fourth-order valence-electron chi connectivity index (χ4n) is 2.29. The third kappa shape index (κ3) is 2.88. The predicted molar refractivity (Wildman–Crippen MR) is 87.3 cm³/mol. The van der Waals surface area contributed by atoms with Crippen molar-refractivity contribution in [2.75, 3.05) is 24.0 Å². The molecule has 1 unspecified atom stereocenters. The van der Waals surface area contributed by atoms with Gasteiger partial charge in [-0.05, 0) is 31.4 Å². The standard InChI is InChI=1S/C16H19N3S/c1-12(8-9-20-3)19(2)16-13(10-17)11-18-15-7-5-4-6-14(15)16/h4-7,11-12H,8-9H2,1-3H3. The maximum absolute atomic E-state index is 9.36. The number of para-hydroxylation sites is 1. The maximum atomic E-state index is 9.36. The fraction of sp³-hybridized carbons (Fsp3) is 0.375.